The predicted molar refractivity (Wildman–Crippen MR) is 97.7 cm³/mol. The SMILES string of the molecule is CCOC(C(=O)NCc1ccc(C(=N)N)cc1)c1c(F)cc(Br)cc1F. The first-order valence-electron chi connectivity index (χ1n) is 7.80. The van der Waals surface area contributed by atoms with E-state index in [9.17, 15) is 13.6 Å². The number of amidine groups is 1. The summed E-state index contributed by atoms with van der Waals surface area (Å²) in [6, 6.07) is 8.87. The van der Waals surface area contributed by atoms with Gasteiger partial charge in [0.15, 0.2) is 6.10 Å². The van der Waals surface area contributed by atoms with Gasteiger partial charge in [0, 0.05) is 23.2 Å². The summed E-state index contributed by atoms with van der Waals surface area (Å²) in [5.74, 6) is -2.44. The Morgan fingerprint density at radius 1 is 1.27 bits per heavy atom. The van der Waals surface area contributed by atoms with Gasteiger partial charge in [-0.1, -0.05) is 40.2 Å². The van der Waals surface area contributed by atoms with Crippen LogP contribution in [-0.4, -0.2) is 18.3 Å². The summed E-state index contributed by atoms with van der Waals surface area (Å²) < 4.78 is 33.8. The molecule has 0 heterocycles. The van der Waals surface area contributed by atoms with E-state index in [1.54, 1.807) is 31.2 Å². The predicted octanol–water partition coefficient (Wildman–Crippen LogP) is 3.41. The van der Waals surface area contributed by atoms with Crippen molar-refractivity contribution >= 4 is 27.7 Å². The molecule has 2 rings (SSSR count). The van der Waals surface area contributed by atoms with Crippen molar-refractivity contribution in [3.05, 3.63) is 69.2 Å². The first-order chi connectivity index (χ1) is 12.3. The Hall–Kier alpha value is -2.32. The highest BCUT2D eigenvalue weighted by Crippen LogP contribution is 2.27. The van der Waals surface area contributed by atoms with Crippen molar-refractivity contribution in [3.8, 4) is 0 Å². The molecule has 0 saturated carbocycles. The lowest BCUT2D eigenvalue weighted by atomic mass is 10.1. The number of rotatable bonds is 7. The Morgan fingerprint density at radius 3 is 2.35 bits per heavy atom. The van der Waals surface area contributed by atoms with Gasteiger partial charge in [-0.2, -0.15) is 0 Å². The van der Waals surface area contributed by atoms with Crippen molar-refractivity contribution in [2.75, 3.05) is 6.61 Å². The third-order valence-corrected chi connectivity index (χ3v) is 4.07. The molecule has 4 N–H and O–H groups in total. The number of carbonyl (C=O) groups is 1. The monoisotopic (exact) mass is 425 g/mol. The second-order valence-corrected chi connectivity index (χ2v) is 6.36. The number of nitrogens with one attached hydrogen (secondary N) is 2. The van der Waals surface area contributed by atoms with E-state index in [0.29, 0.717) is 5.56 Å². The molecule has 8 heteroatoms. The molecule has 0 spiro atoms. The van der Waals surface area contributed by atoms with Gasteiger partial charge in [-0.05, 0) is 24.6 Å². The van der Waals surface area contributed by atoms with Crippen LogP contribution in [0.2, 0.25) is 0 Å². The van der Waals surface area contributed by atoms with Gasteiger partial charge < -0.3 is 15.8 Å². The molecule has 1 amide bonds. The van der Waals surface area contributed by atoms with E-state index < -0.39 is 29.2 Å². The molecule has 0 aromatic heterocycles. The van der Waals surface area contributed by atoms with Gasteiger partial charge in [-0.15, -0.1) is 0 Å². The molecule has 1 atom stereocenters. The molecule has 0 radical (unpaired) electrons. The van der Waals surface area contributed by atoms with Gasteiger partial charge in [0.05, 0.1) is 5.56 Å². The molecule has 0 aliphatic heterocycles. The number of hydrogen-bond donors (Lipinski definition) is 3. The number of nitrogen functional groups attached to an aromatic ring is 1. The summed E-state index contributed by atoms with van der Waals surface area (Å²) >= 11 is 3.00. The van der Waals surface area contributed by atoms with Crippen LogP contribution in [0.4, 0.5) is 8.78 Å². The van der Waals surface area contributed by atoms with Crippen LogP contribution >= 0.6 is 15.9 Å². The Bertz CT molecular complexity index is 790. The Labute approximate surface area is 158 Å². The molecule has 0 aliphatic carbocycles. The average molecular weight is 426 g/mol. The van der Waals surface area contributed by atoms with Gasteiger partial charge in [-0.25, -0.2) is 8.78 Å². The lowest BCUT2D eigenvalue weighted by molar-refractivity contribution is -0.133. The number of carbonyl (C=O) groups excluding carboxylic acids is 1. The smallest absolute Gasteiger partial charge is 0.254 e. The first-order valence-corrected chi connectivity index (χ1v) is 8.59. The molecule has 5 nitrogen and oxygen atoms in total. The van der Waals surface area contributed by atoms with E-state index in [4.69, 9.17) is 15.9 Å². The fourth-order valence-electron chi connectivity index (χ4n) is 2.34. The number of nitrogens with two attached hydrogens (primary N) is 1. The lowest BCUT2D eigenvalue weighted by Gasteiger charge is -2.19. The molecular formula is C18H18BrF2N3O2. The fraction of sp³-hybridized carbons (Fsp3) is 0.222. The zero-order valence-corrected chi connectivity index (χ0v) is 15.6. The normalized spacial score (nSPS) is 11.8. The van der Waals surface area contributed by atoms with Crippen LogP contribution in [0.5, 0.6) is 0 Å². The minimum atomic E-state index is -1.40. The van der Waals surface area contributed by atoms with Crippen LogP contribution in [0.15, 0.2) is 40.9 Å². The summed E-state index contributed by atoms with van der Waals surface area (Å²) in [5.41, 5.74) is 6.26. The van der Waals surface area contributed by atoms with Gasteiger partial charge in [0.25, 0.3) is 5.91 Å². The number of halogens is 3. The van der Waals surface area contributed by atoms with Crippen LogP contribution in [0.3, 0.4) is 0 Å². The van der Waals surface area contributed by atoms with E-state index >= 15 is 0 Å². The van der Waals surface area contributed by atoms with Crippen molar-refractivity contribution in [2.45, 2.75) is 19.6 Å². The van der Waals surface area contributed by atoms with Crippen molar-refractivity contribution < 1.29 is 18.3 Å². The lowest BCUT2D eigenvalue weighted by Crippen LogP contribution is -2.31. The number of amides is 1. The van der Waals surface area contributed by atoms with Crippen LogP contribution in [0.25, 0.3) is 0 Å². The highest BCUT2D eigenvalue weighted by Gasteiger charge is 2.28. The van der Waals surface area contributed by atoms with Gasteiger partial charge in [0.1, 0.15) is 17.5 Å². The molecular weight excluding hydrogens is 408 g/mol. The number of hydrogen-bond acceptors (Lipinski definition) is 3. The number of ether oxygens (including phenoxy) is 1. The molecule has 0 aliphatic rings. The van der Waals surface area contributed by atoms with Crippen LogP contribution < -0.4 is 11.1 Å². The van der Waals surface area contributed by atoms with Crippen LogP contribution in [-0.2, 0) is 16.1 Å². The van der Waals surface area contributed by atoms with Gasteiger partial charge >= 0.3 is 0 Å². The molecule has 26 heavy (non-hydrogen) atoms. The van der Waals surface area contributed by atoms with Gasteiger partial charge in [-0.3, -0.25) is 10.2 Å². The van der Waals surface area contributed by atoms with E-state index in [0.717, 1.165) is 17.7 Å². The molecule has 1 unspecified atom stereocenters. The zero-order valence-electron chi connectivity index (χ0n) is 14.0. The maximum Gasteiger partial charge on any atom is 0.254 e. The van der Waals surface area contributed by atoms with E-state index in [1.807, 2.05) is 0 Å². The molecule has 0 fully saturated rings. The standard InChI is InChI=1S/C18H18BrF2N3O2/c1-2-26-16(15-13(20)7-12(19)8-14(15)21)18(25)24-9-10-3-5-11(6-4-10)17(22)23/h3-8,16H,2,9H2,1H3,(H3,22,23)(H,24,25). The second kappa shape index (κ2) is 8.86. The Balaban J connectivity index is 2.15. The quantitative estimate of drug-likeness (QED) is 0.469. The largest absolute Gasteiger partial charge is 0.384 e. The minimum absolute atomic E-state index is 0.0572. The van der Waals surface area contributed by atoms with E-state index in [1.165, 1.54) is 0 Å². The van der Waals surface area contributed by atoms with Crippen molar-refractivity contribution in [2.24, 2.45) is 5.73 Å². The van der Waals surface area contributed by atoms with E-state index in [-0.39, 0.29) is 23.5 Å². The first kappa shape index (κ1) is 20.0. The maximum atomic E-state index is 14.2. The zero-order chi connectivity index (χ0) is 19.3. The third kappa shape index (κ3) is 4.86. The van der Waals surface area contributed by atoms with E-state index in [2.05, 4.69) is 21.2 Å². The molecule has 0 bridgehead atoms. The summed E-state index contributed by atoms with van der Waals surface area (Å²) in [5, 5.41) is 9.95. The Morgan fingerprint density at radius 2 is 1.85 bits per heavy atom. The van der Waals surface area contributed by atoms with Crippen molar-refractivity contribution in [1.29, 1.82) is 5.41 Å². The van der Waals surface area contributed by atoms with Crippen LogP contribution in [0, 0.1) is 17.0 Å². The summed E-state index contributed by atoms with van der Waals surface area (Å²) in [6.07, 6.45) is -1.40. The molecule has 0 saturated heterocycles. The Kier molecular flexibility index (Phi) is 6.82. The third-order valence-electron chi connectivity index (χ3n) is 3.61. The summed E-state index contributed by atoms with van der Waals surface area (Å²) in [6.45, 7) is 1.89. The highest BCUT2D eigenvalue weighted by molar-refractivity contribution is 9.10. The van der Waals surface area contributed by atoms with Crippen LogP contribution in [0.1, 0.15) is 29.7 Å². The fourth-order valence-corrected chi connectivity index (χ4v) is 2.75. The maximum absolute atomic E-state index is 14.2. The molecule has 138 valence electrons. The molecule has 2 aromatic rings. The average Bonchev–Trinajstić information content (AvgIpc) is 2.58. The van der Waals surface area contributed by atoms with Crippen molar-refractivity contribution in [1.82, 2.24) is 5.32 Å². The number of benzene rings is 2. The second-order valence-electron chi connectivity index (χ2n) is 5.45. The minimum Gasteiger partial charge on any atom is -0.384 e. The topological polar surface area (TPSA) is 88.2 Å². The van der Waals surface area contributed by atoms with Crippen molar-refractivity contribution in [3.63, 3.8) is 0 Å². The highest BCUT2D eigenvalue weighted by atomic mass is 79.9. The summed E-state index contributed by atoms with van der Waals surface area (Å²) in [4.78, 5) is 12.4. The summed E-state index contributed by atoms with van der Waals surface area (Å²) in [7, 11) is 0. The molecule has 2 aromatic carbocycles. The van der Waals surface area contributed by atoms with Gasteiger partial charge in [0.2, 0.25) is 0 Å².